The van der Waals surface area contributed by atoms with Crippen LogP contribution in [0.1, 0.15) is 11.8 Å². The molecule has 0 saturated heterocycles. The topological polar surface area (TPSA) is 73.1 Å². The van der Waals surface area contributed by atoms with Crippen molar-refractivity contribution < 1.29 is 9.15 Å². The van der Waals surface area contributed by atoms with E-state index in [2.05, 4.69) is 149 Å². The monoisotopic (exact) mass is 696 g/mol. The number of oxazole rings is 1. The van der Waals surface area contributed by atoms with Crippen molar-refractivity contribution >= 4 is 21.5 Å². The normalized spacial score (nSPS) is 13.6. The zero-order valence-electron chi connectivity index (χ0n) is 29.1. The van der Waals surface area contributed by atoms with Crippen molar-refractivity contribution in [1.29, 1.82) is 0 Å². The van der Waals surface area contributed by atoms with Crippen molar-refractivity contribution in [3.05, 3.63) is 189 Å². The van der Waals surface area contributed by atoms with E-state index in [1.807, 2.05) is 24.8 Å². The number of fused-ring (bicyclic) bond motifs is 2. The third kappa shape index (κ3) is 5.67. The number of nitrogens with zero attached hydrogens (tertiary/aromatic N) is 3. The Labute approximate surface area is 312 Å². The van der Waals surface area contributed by atoms with E-state index in [1.54, 1.807) is 24.9 Å². The van der Waals surface area contributed by atoms with Crippen molar-refractivity contribution in [2.75, 3.05) is 0 Å². The molecule has 9 aromatic rings. The zero-order chi connectivity index (χ0) is 35.8. The summed E-state index contributed by atoms with van der Waals surface area (Å²) in [6.07, 6.45) is 14.0. The van der Waals surface area contributed by atoms with Crippen LogP contribution in [-0.2, 0) is 4.74 Å². The molecule has 0 saturated carbocycles. The van der Waals surface area contributed by atoms with Crippen LogP contribution in [0.25, 0.3) is 88.6 Å². The summed E-state index contributed by atoms with van der Waals surface area (Å²) in [5.41, 5.74) is 12.8. The molecule has 10 rings (SSSR count). The van der Waals surface area contributed by atoms with Gasteiger partial charge < -0.3 is 14.5 Å². The molecule has 1 unspecified atom stereocenters. The van der Waals surface area contributed by atoms with E-state index in [-0.39, 0.29) is 6.23 Å². The SMILES string of the molecule is C1=COC(c2cncc(-c3c4ccccc4c(-c4cncc(-c5ncco5)c4)c4ccc(-c5cc(-c6ccccc6)cc(-c6ccccc6)c5)cc34)c2)N1. The van der Waals surface area contributed by atoms with Gasteiger partial charge in [0, 0.05) is 47.7 Å². The maximum absolute atomic E-state index is 5.84. The minimum atomic E-state index is -0.300. The Balaban J connectivity index is 1.25. The average molecular weight is 697 g/mol. The summed E-state index contributed by atoms with van der Waals surface area (Å²) in [7, 11) is 0. The lowest BCUT2D eigenvalue weighted by Gasteiger charge is -2.20. The maximum atomic E-state index is 5.84. The second kappa shape index (κ2) is 13.3. The standard InChI is InChI=1S/C48H32N4O2/c1-3-9-31(10-4-1)34-21-35(32-11-5-2-6-12-32)23-36(22-34)33-15-16-43-44(26-33)46(38-25-40(30-50-28-38)48-52-18-20-54-48)42-14-8-7-13-41(42)45(43)37-24-39(29-49-27-37)47-51-17-19-53-47/h1-30,48,52H. The molecule has 0 fully saturated rings. The van der Waals surface area contributed by atoms with Crippen LogP contribution in [0, 0.1) is 0 Å². The summed E-state index contributed by atoms with van der Waals surface area (Å²) in [5.74, 6) is 0.532. The second-order valence-corrected chi connectivity index (χ2v) is 13.4. The molecule has 1 aliphatic heterocycles. The molecule has 0 radical (unpaired) electrons. The molecule has 1 N–H and O–H groups in total. The lowest BCUT2D eigenvalue weighted by atomic mass is 9.84. The van der Waals surface area contributed by atoms with Crippen LogP contribution in [0.4, 0.5) is 0 Å². The van der Waals surface area contributed by atoms with E-state index in [0.717, 1.165) is 77.2 Å². The van der Waals surface area contributed by atoms with Gasteiger partial charge in [0.1, 0.15) is 12.5 Å². The van der Waals surface area contributed by atoms with Gasteiger partial charge in [-0.25, -0.2) is 4.98 Å². The van der Waals surface area contributed by atoms with E-state index < -0.39 is 0 Å². The molecule has 0 bridgehead atoms. The summed E-state index contributed by atoms with van der Waals surface area (Å²) in [6, 6.07) is 47.8. The molecule has 0 aliphatic carbocycles. The first-order valence-electron chi connectivity index (χ1n) is 17.9. The average Bonchev–Trinajstić information content (AvgIpc) is 4.00. The van der Waals surface area contributed by atoms with Crippen LogP contribution < -0.4 is 5.32 Å². The highest BCUT2D eigenvalue weighted by atomic mass is 16.5. The lowest BCUT2D eigenvalue weighted by Crippen LogP contribution is -2.11. The summed E-state index contributed by atoms with van der Waals surface area (Å²) >= 11 is 0. The molecule has 54 heavy (non-hydrogen) atoms. The molecule has 256 valence electrons. The van der Waals surface area contributed by atoms with Gasteiger partial charge in [-0.3, -0.25) is 9.97 Å². The number of rotatable bonds is 7. The molecule has 6 heteroatoms. The van der Waals surface area contributed by atoms with E-state index in [4.69, 9.17) is 14.1 Å². The van der Waals surface area contributed by atoms with Crippen LogP contribution in [0.15, 0.2) is 188 Å². The Morgan fingerprint density at radius 1 is 0.463 bits per heavy atom. The van der Waals surface area contributed by atoms with Crippen LogP contribution in [0.3, 0.4) is 0 Å². The fourth-order valence-corrected chi connectivity index (χ4v) is 7.62. The van der Waals surface area contributed by atoms with Gasteiger partial charge in [-0.2, -0.15) is 0 Å². The van der Waals surface area contributed by atoms with Crippen molar-refractivity contribution in [1.82, 2.24) is 20.3 Å². The molecule has 1 atom stereocenters. The Kier molecular flexibility index (Phi) is 7.77. The van der Waals surface area contributed by atoms with Crippen LogP contribution in [0.5, 0.6) is 0 Å². The zero-order valence-corrected chi connectivity index (χ0v) is 29.1. The van der Waals surface area contributed by atoms with Gasteiger partial charge in [0.15, 0.2) is 6.23 Å². The quantitative estimate of drug-likeness (QED) is 0.167. The van der Waals surface area contributed by atoms with Gasteiger partial charge in [-0.05, 0) is 102 Å². The fraction of sp³-hybridized carbons (Fsp3) is 0.0208. The Bertz CT molecular complexity index is 2770. The van der Waals surface area contributed by atoms with Crippen LogP contribution in [-0.4, -0.2) is 15.0 Å². The molecule has 6 aromatic carbocycles. The number of pyridine rings is 2. The highest BCUT2D eigenvalue weighted by molar-refractivity contribution is 6.22. The summed E-state index contributed by atoms with van der Waals surface area (Å²) < 4.78 is 11.5. The van der Waals surface area contributed by atoms with Crippen molar-refractivity contribution in [2.24, 2.45) is 0 Å². The van der Waals surface area contributed by atoms with E-state index in [0.29, 0.717) is 5.89 Å². The number of nitrogens with one attached hydrogen (secondary N) is 1. The first-order chi connectivity index (χ1) is 26.8. The molecule has 6 nitrogen and oxygen atoms in total. The van der Waals surface area contributed by atoms with Gasteiger partial charge in [0.25, 0.3) is 0 Å². The number of benzene rings is 6. The predicted octanol–water partition coefficient (Wildman–Crippen LogP) is 11.9. The Morgan fingerprint density at radius 2 is 1.04 bits per heavy atom. The number of aromatic nitrogens is 3. The third-order valence-electron chi connectivity index (χ3n) is 10.1. The molecule has 3 aromatic heterocycles. The lowest BCUT2D eigenvalue weighted by molar-refractivity contribution is 0.154. The van der Waals surface area contributed by atoms with E-state index in [1.165, 1.54) is 11.1 Å². The molecular weight excluding hydrogens is 665 g/mol. The Morgan fingerprint density at radius 3 is 1.69 bits per heavy atom. The largest absolute Gasteiger partial charge is 0.473 e. The van der Waals surface area contributed by atoms with Crippen molar-refractivity contribution in [3.63, 3.8) is 0 Å². The van der Waals surface area contributed by atoms with Crippen molar-refractivity contribution in [2.45, 2.75) is 6.23 Å². The van der Waals surface area contributed by atoms with Crippen LogP contribution in [0.2, 0.25) is 0 Å². The Hall–Kier alpha value is -7.31. The maximum Gasteiger partial charge on any atom is 0.227 e. The molecule has 0 amide bonds. The summed E-state index contributed by atoms with van der Waals surface area (Å²) in [6.45, 7) is 0. The minimum Gasteiger partial charge on any atom is -0.473 e. The molecule has 0 spiro atoms. The third-order valence-corrected chi connectivity index (χ3v) is 10.1. The predicted molar refractivity (Wildman–Crippen MR) is 216 cm³/mol. The van der Waals surface area contributed by atoms with Gasteiger partial charge in [-0.15, -0.1) is 0 Å². The molecular formula is C48H32N4O2. The van der Waals surface area contributed by atoms with Gasteiger partial charge in [-0.1, -0.05) is 97.1 Å². The molecule has 4 heterocycles. The van der Waals surface area contributed by atoms with Gasteiger partial charge >= 0.3 is 0 Å². The smallest absolute Gasteiger partial charge is 0.227 e. The van der Waals surface area contributed by atoms with Crippen molar-refractivity contribution in [3.8, 4) is 67.1 Å². The number of hydrogen-bond acceptors (Lipinski definition) is 6. The highest BCUT2D eigenvalue weighted by Crippen LogP contribution is 2.46. The fourth-order valence-electron chi connectivity index (χ4n) is 7.62. The van der Waals surface area contributed by atoms with E-state index in [9.17, 15) is 0 Å². The van der Waals surface area contributed by atoms with Crippen LogP contribution >= 0.6 is 0 Å². The van der Waals surface area contributed by atoms with Gasteiger partial charge in [0.05, 0.1) is 11.8 Å². The van der Waals surface area contributed by atoms with Gasteiger partial charge in [0.2, 0.25) is 5.89 Å². The molecule has 1 aliphatic rings. The minimum absolute atomic E-state index is 0.300. The highest BCUT2D eigenvalue weighted by Gasteiger charge is 2.21. The number of hydrogen-bond donors (Lipinski definition) is 1. The first-order valence-corrected chi connectivity index (χ1v) is 17.9. The van der Waals surface area contributed by atoms with E-state index >= 15 is 0 Å². The second-order valence-electron chi connectivity index (χ2n) is 13.4. The summed E-state index contributed by atoms with van der Waals surface area (Å²) in [4.78, 5) is 13.8. The first kappa shape index (κ1) is 31.4. The summed E-state index contributed by atoms with van der Waals surface area (Å²) in [5, 5.41) is 7.70. The number of ether oxygens (including phenoxy) is 1.